The Morgan fingerprint density at radius 3 is 2.57 bits per heavy atom. The van der Waals surface area contributed by atoms with Gasteiger partial charge in [0.05, 0.1) is 22.7 Å². The molecule has 2 atom stereocenters. The lowest BCUT2D eigenvalue weighted by Gasteiger charge is -2.23. The van der Waals surface area contributed by atoms with Crippen LogP contribution in [0.25, 0.3) is 16.9 Å². The number of fused-ring (bicyclic) bond motifs is 2. The Kier molecular flexibility index (Phi) is 5.24. The van der Waals surface area contributed by atoms with Crippen molar-refractivity contribution in [3.05, 3.63) is 70.4 Å². The van der Waals surface area contributed by atoms with Gasteiger partial charge in [-0.15, -0.1) is 0 Å². The van der Waals surface area contributed by atoms with Crippen LogP contribution >= 0.6 is 11.6 Å². The predicted molar refractivity (Wildman–Crippen MR) is 127 cm³/mol. The second-order valence-corrected chi connectivity index (χ2v) is 9.18. The van der Waals surface area contributed by atoms with Crippen LogP contribution in [0, 0.1) is 5.92 Å². The molecule has 1 amide bonds. The summed E-state index contributed by atoms with van der Waals surface area (Å²) >= 11 is 6.12. The van der Waals surface area contributed by atoms with E-state index in [0.717, 1.165) is 12.5 Å². The molecule has 0 saturated heterocycles. The Balaban J connectivity index is 1.65. The van der Waals surface area contributed by atoms with Gasteiger partial charge >= 0.3 is 6.18 Å². The van der Waals surface area contributed by atoms with E-state index in [1.165, 1.54) is 4.68 Å². The molecule has 1 aliphatic heterocycles. The molecule has 0 fully saturated rings. The first-order valence-electron chi connectivity index (χ1n) is 10.8. The zero-order chi connectivity index (χ0) is 25.1. The number of carbonyl (C=O) groups excluding carboxylic acids is 1. The van der Waals surface area contributed by atoms with E-state index in [4.69, 9.17) is 17.3 Å². The van der Waals surface area contributed by atoms with E-state index >= 15 is 0 Å². The quantitative estimate of drug-likeness (QED) is 0.408. The summed E-state index contributed by atoms with van der Waals surface area (Å²) in [5.74, 6) is -1.61. The number of nitrogen functional groups attached to an aromatic ring is 1. The normalized spacial score (nSPS) is 18.5. The van der Waals surface area contributed by atoms with Crippen molar-refractivity contribution in [1.82, 2.24) is 19.7 Å². The number of nitrogens with zero attached hydrogens (tertiary/aromatic N) is 4. The fraction of sp³-hybridized carbons (Fsp3) is 0.250. The maximum absolute atomic E-state index is 13.3. The van der Waals surface area contributed by atoms with Crippen LogP contribution in [0.15, 0.2) is 48.5 Å². The minimum Gasteiger partial charge on any atom is -0.383 e. The van der Waals surface area contributed by atoms with Gasteiger partial charge in [0.25, 0.3) is 5.95 Å². The molecule has 4 aromatic rings. The Morgan fingerprint density at radius 1 is 1.17 bits per heavy atom. The second kappa shape index (κ2) is 7.94. The van der Waals surface area contributed by atoms with Gasteiger partial charge in [-0.2, -0.15) is 32.9 Å². The molecule has 3 N–H and O–H groups in total. The van der Waals surface area contributed by atoms with Gasteiger partial charge in [-0.05, 0) is 30.7 Å². The summed E-state index contributed by atoms with van der Waals surface area (Å²) in [6, 6.07) is 13.9. The highest BCUT2D eigenvalue weighted by atomic mass is 35.5. The maximum atomic E-state index is 13.3. The standard InChI is InChI=1S/C24H20ClF3N6O/c1-12(24(26,27)28)10-16-15-11-14(25)8-9-17(15)34(33-16)22-30-19(29)18-20(32-22)31-21(35)23(18,2)13-6-4-3-5-7-13/h3-9,11-12H,10H2,1-2H3,(H3,29,30,31,32,35). The molecule has 11 heteroatoms. The molecule has 180 valence electrons. The number of hydrogen-bond donors (Lipinski definition) is 2. The van der Waals surface area contributed by atoms with Crippen molar-refractivity contribution in [3.8, 4) is 5.95 Å². The first-order chi connectivity index (χ1) is 16.5. The topological polar surface area (TPSA) is 98.7 Å². The van der Waals surface area contributed by atoms with Gasteiger partial charge in [-0.25, -0.2) is 0 Å². The summed E-state index contributed by atoms with van der Waals surface area (Å²) in [5.41, 5.74) is 7.06. The van der Waals surface area contributed by atoms with Crippen LogP contribution in [-0.4, -0.2) is 31.8 Å². The average molecular weight is 501 g/mol. The first-order valence-corrected chi connectivity index (χ1v) is 11.2. The maximum Gasteiger partial charge on any atom is 0.391 e. The van der Waals surface area contributed by atoms with Crippen molar-refractivity contribution >= 4 is 40.0 Å². The van der Waals surface area contributed by atoms with Gasteiger partial charge < -0.3 is 11.1 Å². The fourth-order valence-corrected chi connectivity index (χ4v) is 4.57. The molecular formula is C24H20ClF3N6O. The van der Waals surface area contributed by atoms with Crippen molar-refractivity contribution in [2.75, 3.05) is 11.1 Å². The second-order valence-electron chi connectivity index (χ2n) is 8.74. The molecule has 0 bridgehead atoms. The highest BCUT2D eigenvalue weighted by molar-refractivity contribution is 6.31. The number of benzene rings is 2. The molecular weight excluding hydrogens is 481 g/mol. The van der Waals surface area contributed by atoms with Crippen molar-refractivity contribution in [1.29, 1.82) is 0 Å². The minimum absolute atomic E-state index is 0.0251. The highest BCUT2D eigenvalue weighted by Crippen LogP contribution is 2.44. The molecule has 2 aromatic carbocycles. The van der Waals surface area contributed by atoms with E-state index < -0.39 is 17.5 Å². The third-order valence-corrected chi connectivity index (χ3v) is 6.66. The summed E-state index contributed by atoms with van der Waals surface area (Å²) in [4.78, 5) is 21.9. The lowest BCUT2D eigenvalue weighted by atomic mass is 9.78. The summed E-state index contributed by atoms with van der Waals surface area (Å²) in [6.45, 7) is 2.84. The van der Waals surface area contributed by atoms with E-state index in [0.29, 0.717) is 21.5 Å². The number of hydrogen-bond acceptors (Lipinski definition) is 5. The third-order valence-electron chi connectivity index (χ3n) is 6.43. The molecule has 3 heterocycles. The SMILES string of the molecule is CC(Cc1nn(-c2nc(N)c3c(n2)NC(=O)C3(C)c2ccccc2)c2ccc(Cl)cc12)C(F)(F)F. The fourth-order valence-electron chi connectivity index (χ4n) is 4.40. The number of carbonyl (C=O) groups is 1. The molecule has 0 saturated carbocycles. The van der Waals surface area contributed by atoms with Crippen molar-refractivity contribution in [2.45, 2.75) is 31.9 Å². The summed E-state index contributed by atoms with van der Waals surface area (Å²) in [7, 11) is 0. The van der Waals surface area contributed by atoms with Gasteiger partial charge in [0.2, 0.25) is 5.91 Å². The van der Waals surface area contributed by atoms with Crippen LogP contribution in [0.5, 0.6) is 0 Å². The first kappa shape index (κ1) is 23.1. The van der Waals surface area contributed by atoms with Crippen LogP contribution in [0.2, 0.25) is 5.02 Å². The molecule has 5 rings (SSSR count). The van der Waals surface area contributed by atoms with E-state index in [9.17, 15) is 18.0 Å². The molecule has 2 unspecified atom stereocenters. The Morgan fingerprint density at radius 2 is 1.89 bits per heavy atom. The zero-order valence-electron chi connectivity index (χ0n) is 18.7. The molecule has 0 aliphatic carbocycles. The van der Waals surface area contributed by atoms with Gasteiger partial charge in [0.15, 0.2) is 0 Å². The van der Waals surface area contributed by atoms with Crippen LogP contribution < -0.4 is 11.1 Å². The molecule has 7 nitrogen and oxygen atoms in total. The molecule has 35 heavy (non-hydrogen) atoms. The number of rotatable bonds is 4. The number of amides is 1. The van der Waals surface area contributed by atoms with Crippen LogP contribution in [0.1, 0.15) is 30.7 Å². The van der Waals surface area contributed by atoms with E-state index in [1.54, 1.807) is 25.1 Å². The van der Waals surface area contributed by atoms with Gasteiger partial charge in [-0.3, -0.25) is 4.79 Å². The number of halogens is 4. The zero-order valence-corrected chi connectivity index (χ0v) is 19.4. The largest absolute Gasteiger partial charge is 0.391 e. The van der Waals surface area contributed by atoms with E-state index in [1.807, 2.05) is 30.3 Å². The van der Waals surface area contributed by atoms with E-state index in [2.05, 4.69) is 20.4 Å². The van der Waals surface area contributed by atoms with Gasteiger partial charge in [0, 0.05) is 16.8 Å². The van der Waals surface area contributed by atoms with Gasteiger partial charge in [-0.1, -0.05) is 48.9 Å². The predicted octanol–water partition coefficient (Wildman–Crippen LogP) is 5.05. The molecule has 1 aliphatic rings. The highest BCUT2D eigenvalue weighted by Gasteiger charge is 2.47. The van der Waals surface area contributed by atoms with Crippen molar-refractivity contribution in [3.63, 3.8) is 0 Å². The minimum atomic E-state index is -4.38. The third kappa shape index (κ3) is 3.68. The number of anilines is 2. The Bertz CT molecular complexity index is 1470. The van der Waals surface area contributed by atoms with Crippen molar-refractivity contribution in [2.24, 2.45) is 5.92 Å². The Hall–Kier alpha value is -3.66. The molecule has 0 spiro atoms. The molecule has 0 radical (unpaired) electrons. The number of nitrogens with one attached hydrogen (secondary N) is 1. The lowest BCUT2D eigenvalue weighted by Crippen LogP contribution is -2.32. The Labute approximate surface area is 203 Å². The summed E-state index contributed by atoms with van der Waals surface area (Å²) < 4.78 is 41.1. The van der Waals surface area contributed by atoms with Crippen LogP contribution in [0.4, 0.5) is 24.8 Å². The number of nitrogens with two attached hydrogens (primary N) is 1. The smallest absolute Gasteiger partial charge is 0.383 e. The number of alkyl halides is 3. The number of aromatic nitrogens is 4. The summed E-state index contributed by atoms with van der Waals surface area (Å²) in [5, 5.41) is 7.98. The monoisotopic (exact) mass is 500 g/mol. The van der Waals surface area contributed by atoms with Gasteiger partial charge in [0.1, 0.15) is 17.1 Å². The summed E-state index contributed by atoms with van der Waals surface area (Å²) in [6.07, 6.45) is -4.73. The van der Waals surface area contributed by atoms with Crippen LogP contribution in [0.3, 0.4) is 0 Å². The van der Waals surface area contributed by atoms with E-state index in [-0.39, 0.29) is 35.6 Å². The lowest BCUT2D eigenvalue weighted by molar-refractivity contribution is -0.169. The van der Waals surface area contributed by atoms with Crippen LogP contribution in [-0.2, 0) is 16.6 Å². The molecule has 2 aromatic heterocycles. The average Bonchev–Trinajstić information content (AvgIpc) is 3.28. The van der Waals surface area contributed by atoms with Crippen molar-refractivity contribution < 1.29 is 18.0 Å².